The van der Waals surface area contributed by atoms with Crippen molar-refractivity contribution < 1.29 is 35.5 Å². The van der Waals surface area contributed by atoms with Crippen LogP contribution in [0.1, 0.15) is 52.9 Å². The highest BCUT2D eigenvalue weighted by Crippen LogP contribution is 2.34. The van der Waals surface area contributed by atoms with E-state index < -0.39 is 47.1 Å². The highest BCUT2D eigenvalue weighted by molar-refractivity contribution is 5.93. The molecule has 182 valence electrons. The van der Waals surface area contributed by atoms with Crippen LogP contribution in [0.4, 0.5) is 30.7 Å². The number of pyridine rings is 1. The summed E-state index contributed by atoms with van der Waals surface area (Å²) < 4.78 is 94.5. The number of aryl methyl sites for hydroxylation is 2. The lowest BCUT2D eigenvalue weighted by Crippen LogP contribution is -2.30. The Morgan fingerprint density at radius 1 is 1.03 bits per heavy atom. The first-order valence-corrected chi connectivity index (χ1v) is 10.1. The lowest BCUT2D eigenvalue weighted by Gasteiger charge is -2.17. The van der Waals surface area contributed by atoms with E-state index in [2.05, 4.69) is 20.5 Å². The Morgan fingerprint density at radius 2 is 1.74 bits per heavy atom. The molecule has 1 atom stereocenters. The van der Waals surface area contributed by atoms with Crippen LogP contribution >= 0.6 is 0 Å². The summed E-state index contributed by atoms with van der Waals surface area (Å²) in [5, 5.41) is 10.2. The number of alkyl halides is 6. The molecule has 3 aromatic rings. The first-order chi connectivity index (χ1) is 15.8. The van der Waals surface area contributed by atoms with Crippen LogP contribution in [-0.2, 0) is 25.9 Å². The molecule has 7 nitrogen and oxygen atoms in total. The number of hydrogen-bond acceptors (Lipinski definition) is 4. The molecule has 0 saturated heterocycles. The van der Waals surface area contributed by atoms with Crippen molar-refractivity contribution in [3.05, 3.63) is 53.0 Å². The van der Waals surface area contributed by atoms with Crippen LogP contribution in [0.25, 0.3) is 11.3 Å². The average molecular weight is 490 g/mol. The predicted molar refractivity (Wildman–Crippen MR) is 103 cm³/mol. The lowest BCUT2D eigenvalue weighted by molar-refractivity contribution is -0.142. The van der Waals surface area contributed by atoms with Crippen LogP contribution in [0.15, 0.2) is 24.4 Å². The Morgan fingerprint density at radius 3 is 2.38 bits per heavy atom. The fraction of sp³-hybridized carbons (Fsp3) is 0.400. The molecule has 4 heterocycles. The minimum Gasteiger partial charge on any atom is -0.342 e. The summed E-state index contributed by atoms with van der Waals surface area (Å²) in [4.78, 5) is 15.8. The van der Waals surface area contributed by atoms with Gasteiger partial charge in [-0.1, -0.05) is 0 Å². The van der Waals surface area contributed by atoms with Crippen LogP contribution in [0.5, 0.6) is 0 Å². The topological polar surface area (TPSA) is 77.6 Å². The van der Waals surface area contributed by atoms with Crippen molar-refractivity contribution in [1.29, 1.82) is 0 Å². The molecule has 0 bridgehead atoms. The second kappa shape index (κ2) is 8.40. The van der Waals surface area contributed by atoms with Gasteiger partial charge in [0.05, 0.1) is 23.6 Å². The molecule has 0 unspecified atom stereocenters. The zero-order valence-electron chi connectivity index (χ0n) is 17.5. The van der Waals surface area contributed by atoms with Gasteiger partial charge in [-0.15, -0.1) is 0 Å². The quantitative estimate of drug-likeness (QED) is 0.549. The van der Waals surface area contributed by atoms with E-state index >= 15 is 0 Å². The first-order valence-electron chi connectivity index (χ1n) is 10.1. The van der Waals surface area contributed by atoms with Gasteiger partial charge in [0.1, 0.15) is 11.4 Å². The molecule has 4 rings (SSSR count). The largest absolute Gasteiger partial charge is 0.435 e. The van der Waals surface area contributed by atoms with E-state index in [0.717, 1.165) is 4.68 Å². The molecule has 1 aliphatic heterocycles. The highest BCUT2D eigenvalue weighted by Gasteiger charge is 2.36. The number of aromatic nitrogens is 5. The van der Waals surface area contributed by atoms with Crippen molar-refractivity contribution in [1.82, 2.24) is 29.9 Å². The third-order valence-electron chi connectivity index (χ3n) is 5.41. The fourth-order valence-electron chi connectivity index (χ4n) is 3.77. The van der Waals surface area contributed by atoms with Crippen molar-refractivity contribution in [2.45, 2.75) is 44.2 Å². The van der Waals surface area contributed by atoms with Crippen molar-refractivity contribution in [2.24, 2.45) is 7.05 Å². The Bertz CT molecular complexity index is 1230. The maximum Gasteiger partial charge on any atom is 0.435 e. The van der Waals surface area contributed by atoms with E-state index in [0.29, 0.717) is 49.8 Å². The molecule has 14 heteroatoms. The third-order valence-corrected chi connectivity index (χ3v) is 5.41. The van der Waals surface area contributed by atoms with Gasteiger partial charge in [-0.2, -0.15) is 36.5 Å². The monoisotopic (exact) mass is 490 g/mol. The van der Waals surface area contributed by atoms with E-state index in [1.165, 1.54) is 17.8 Å². The van der Waals surface area contributed by atoms with E-state index in [1.807, 2.05) is 0 Å². The molecule has 0 saturated carbocycles. The van der Waals surface area contributed by atoms with Crippen LogP contribution in [0, 0.1) is 5.82 Å². The fourth-order valence-corrected chi connectivity index (χ4v) is 3.77. The van der Waals surface area contributed by atoms with Gasteiger partial charge in [-0.25, -0.2) is 9.37 Å². The van der Waals surface area contributed by atoms with Gasteiger partial charge in [0, 0.05) is 25.2 Å². The van der Waals surface area contributed by atoms with Gasteiger partial charge in [-0.3, -0.25) is 14.2 Å². The number of amides is 1. The molecule has 0 fully saturated rings. The van der Waals surface area contributed by atoms with E-state index in [4.69, 9.17) is 0 Å². The summed E-state index contributed by atoms with van der Waals surface area (Å²) >= 11 is 0. The number of carbonyl (C=O) groups excluding carboxylic acids is 1. The normalized spacial score (nSPS) is 16.8. The summed E-state index contributed by atoms with van der Waals surface area (Å²) in [6, 6.07) is 1.82. The molecule has 0 aliphatic carbocycles. The molecule has 1 amide bonds. The van der Waals surface area contributed by atoms with Crippen molar-refractivity contribution in [2.75, 3.05) is 0 Å². The number of nitrogens with zero attached hydrogens (tertiary/aromatic N) is 5. The summed E-state index contributed by atoms with van der Waals surface area (Å²) in [7, 11) is 1.20. The van der Waals surface area contributed by atoms with Crippen molar-refractivity contribution >= 4 is 5.91 Å². The predicted octanol–water partition coefficient (Wildman–Crippen LogP) is 4.51. The second-order valence-corrected chi connectivity index (χ2v) is 7.78. The standard InChI is InChI=1S/C20H17F7N6O/c1-32-15(8-17(31-32)20(25,26)27)18(34)29-12-4-2-3-5-33-14(12)7-13(30-33)10-6-16(19(22,23)24)28-9-11(10)21/h6-9,12H,2-5H2,1H3,(H,29,34)/t12-/m1/s1. The number of hydrogen-bond donors (Lipinski definition) is 1. The summed E-state index contributed by atoms with van der Waals surface area (Å²) in [6.07, 6.45) is -7.39. The maximum atomic E-state index is 14.3. The minimum atomic E-state index is -4.78. The molecule has 1 aliphatic rings. The van der Waals surface area contributed by atoms with Crippen molar-refractivity contribution in [3.63, 3.8) is 0 Å². The second-order valence-electron chi connectivity index (χ2n) is 7.78. The smallest absolute Gasteiger partial charge is 0.342 e. The van der Waals surface area contributed by atoms with Gasteiger partial charge in [0.15, 0.2) is 11.5 Å². The van der Waals surface area contributed by atoms with Crippen LogP contribution in [0.2, 0.25) is 0 Å². The van der Waals surface area contributed by atoms with Gasteiger partial charge in [0.2, 0.25) is 0 Å². The number of nitrogens with one attached hydrogen (secondary N) is 1. The molecule has 0 radical (unpaired) electrons. The number of rotatable bonds is 3. The van der Waals surface area contributed by atoms with Crippen LogP contribution < -0.4 is 5.32 Å². The maximum absolute atomic E-state index is 14.3. The van der Waals surface area contributed by atoms with Crippen molar-refractivity contribution in [3.8, 4) is 11.3 Å². The third kappa shape index (κ3) is 4.61. The van der Waals surface area contributed by atoms with Gasteiger partial charge in [-0.05, 0) is 31.4 Å². The van der Waals surface area contributed by atoms with Crippen LogP contribution in [-0.4, -0.2) is 30.5 Å². The molecule has 0 aromatic carbocycles. The molecule has 34 heavy (non-hydrogen) atoms. The zero-order valence-corrected chi connectivity index (χ0v) is 17.5. The number of carbonyl (C=O) groups is 1. The SMILES string of the molecule is Cn1nc(C(F)(F)F)cc1C(=O)N[C@@H]1CCCCn2nc(-c3cc(C(F)(F)F)ncc3F)cc21. The number of halogens is 7. The summed E-state index contributed by atoms with van der Waals surface area (Å²) in [5.74, 6) is -1.82. The lowest BCUT2D eigenvalue weighted by atomic mass is 10.1. The Labute approximate surface area is 187 Å². The van der Waals surface area contributed by atoms with E-state index in [9.17, 15) is 35.5 Å². The highest BCUT2D eigenvalue weighted by atomic mass is 19.4. The van der Waals surface area contributed by atoms with Gasteiger partial charge >= 0.3 is 12.4 Å². The van der Waals surface area contributed by atoms with E-state index in [1.54, 1.807) is 0 Å². The van der Waals surface area contributed by atoms with E-state index in [-0.39, 0.29) is 11.4 Å². The Kier molecular flexibility index (Phi) is 5.85. The molecular weight excluding hydrogens is 473 g/mol. The molecule has 3 aromatic heterocycles. The molecule has 0 spiro atoms. The Hall–Kier alpha value is -3.45. The summed E-state index contributed by atoms with van der Waals surface area (Å²) in [6.45, 7) is 0.366. The Balaban J connectivity index is 1.66. The average Bonchev–Trinajstić information content (AvgIpc) is 3.29. The van der Waals surface area contributed by atoms with Gasteiger partial charge in [0.25, 0.3) is 5.91 Å². The first kappa shape index (κ1) is 23.7. The number of fused-ring (bicyclic) bond motifs is 1. The van der Waals surface area contributed by atoms with Gasteiger partial charge < -0.3 is 5.32 Å². The zero-order chi connectivity index (χ0) is 24.8. The summed E-state index contributed by atoms with van der Waals surface area (Å²) in [5.41, 5.74) is -2.92. The molecule has 1 N–H and O–H groups in total. The minimum absolute atomic E-state index is 0.0820. The molecular formula is C20H17F7N6O. The van der Waals surface area contributed by atoms with Crippen LogP contribution in [0.3, 0.4) is 0 Å².